The number of hydrogen-bond acceptors (Lipinski definition) is 3. The zero-order valence-corrected chi connectivity index (χ0v) is 17.8. The summed E-state index contributed by atoms with van der Waals surface area (Å²) in [5.74, 6) is -0.0377. The average Bonchev–Trinajstić information content (AvgIpc) is 3.10. The first-order valence-corrected chi connectivity index (χ1v) is 11.3. The van der Waals surface area contributed by atoms with Crippen LogP contribution < -0.4 is 4.90 Å². The third kappa shape index (κ3) is 3.76. The summed E-state index contributed by atoms with van der Waals surface area (Å²) < 4.78 is 26.7. The molecule has 1 amide bonds. The summed E-state index contributed by atoms with van der Waals surface area (Å²) in [7, 11) is -2.00. The van der Waals surface area contributed by atoms with E-state index in [1.54, 1.807) is 49.5 Å². The number of rotatable bonds is 5. The van der Waals surface area contributed by atoms with Gasteiger partial charge in [-0.1, -0.05) is 48.5 Å². The molecule has 3 aromatic rings. The fraction of sp³-hybridized carbons (Fsp3) is 0.208. The van der Waals surface area contributed by atoms with Gasteiger partial charge in [0.2, 0.25) is 10.0 Å². The van der Waals surface area contributed by atoms with Crippen LogP contribution in [0.15, 0.2) is 83.8 Å². The van der Waals surface area contributed by atoms with Crippen molar-refractivity contribution in [2.75, 3.05) is 11.9 Å². The zero-order chi connectivity index (χ0) is 21.3. The van der Waals surface area contributed by atoms with Crippen LogP contribution >= 0.6 is 0 Å². The van der Waals surface area contributed by atoms with Gasteiger partial charge in [-0.3, -0.25) is 4.79 Å². The normalized spacial score (nSPS) is 16.0. The van der Waals surface area contributed by atoms with E-state index in [2.05, 4.69) is 13.0 Å². The quantitative estimate of drug-likeness (QED) is 0.624. The SMILES string of the molecule is C[C@@H]1Cc2ccccc2N1C(=O)c1ccc(CN(C)S(=O)(=O)c2ccccc2)cc1. The number of nitrogens with zero attached hydrogens (tertiary/aromatic N) is 2. The molecular weight excluding hydrogens is 396 g/mol. The van der Waals surface area contributed by atoms with Gasteiger partial charge in [-0.05, 0) is 54.8 Å². The second-order valence-corrected chi connectivity index (χ2v) is 9.67. The van der Waals surface area contributed by atoms with E-state index in [4.69, 9.17) is 0 Å². The second-order valence-electron chi connectivity index (χ2n) is 7.63. The Balaban J connectivity index is 1.50. The molecule has 1 aliphatic rings. The van der Waals surface area contributed by atoms with E-state index in [1.807, 2.05) is 35.2 Å². The molecule has 6 heteroatoms. The molecule has 3 aromatic carbocycles. The van der Waals surface area contributed by atoms with Gasteiger partial charge in [-0.15, -0.1) is 0 Å². The van der Waals surface area contributed by atoms with E-state index >= 15 is 0 Å². The summed E-state index contributed by atoms with van der Waals surface area (Å²) in [4.78, 5) is 15.2. The van der Waals surface area contributed by atoms with Crippen LogP contribution in [0.4, 0.5) is 5.69 Å². The van der Waals surface area contributed by atoms with Gasteiger partial charge >= 0.3 is 0 Å². The molecule has 0 fully saturated rings. The van der Waals surface area contributed by atoms with E-state index in [0.29, 0.717) is 5.56 Å². The lowest BCUT2D eigenvalue weighted by molar-refractivity contribution is 0.0981. The summed E-state index contributed by atoms with van der Waals surface area (Å²) in [5.41, 5.74) is 3.56. The molecule has 0 spiro atoms. The number of carbonyl (C=O) groups excluding carboxylic acids is 1. The molecular formula is C24H24N2O3S. The molecule has 0 radical (unpaired) electrons. The lowest BCUT2D eigenvalue weighted by Gasteiger charge is -2.23. The van der Waals surface area contributed by atoms with E-state index in [-0.39, 0.29) is 23.4 Å². The summed E-state index contributed by atoms with van der Waals surface area (Å²) in [5, 5.41) is 0. The van der Waals surface area contributed by atoms with Crippen molar-refractivity contribution in [2.45, 2.75) is 30.8 Å². The number of carbonyl (C=O) groups is 1. The van der Waals surface area contributed by atoms with Gasteiger partial charge in [0.05, 0.1) is 4.90 Å². The molecule has 0 aliphatic carbocycles. The van der Waals surface area contributed by atoms with Crippen LogP contribution in [0.25, 0.3) is 0 Å². The fourth-order valence-corrected chi connectivity index (χ4v) is 5.06. The first kappa shape index (κ1) is 20.3. The molecule has 154 valence electrons. The van der Waals surface area contributed by atoms with E-state index < -0.39 is 10.0 Å². The number of fused-ring (bicyclic) bond motifs is 1. The predicted molar refractivity (Wildman–Crippen MR) is 118 cm³/mol. The standard InChI is InChI=1S/C24H24N2O3S/c1-18-16-21-8-6-7-11-23(21)26(18)24(27)20-14-12-19(13-15-20)17-25(2)30(28,29)22-9-4-3-5-10-22/h3-15,18H,16-17H2,1-2H3/t18-/m1/s1. The van der Waals surface area contributed by atoms with Gasteiger partial charge in [0.15, 0.2) is 0 Å². The average molecular weight is 421 g/mol. The minimum Gasteiger partial charge on any atom is -0.305 e. The minimum absolute atomic E-state index is 0.0377. The van der Waals surface area contributed by atoms with Crippen molar-refractivity contribution in [3.8, 4) is 0 Å². The second kappa shape index (κ2) is 8.05. The Bertz CT molecular complexity index is 1160. The molecule has 5 nitrogen and oxygen atoms in total. The summed E-state index contributed by atoms with van der Waals surface area (Å²) in [6.45, 7) is 2.28. The van der Waals surface area contributed by atoms with Crippen LogP contribution in [0.1, 0.15) is 28.4 Å². The molecule has 30 heavy (non-hydrogen) atoms. The smallest absolute Gasteiger partial charge is 0.258 e. The van der Waals surface area contributed by atoms with Crippen molar-refractivity contribution in [1.29, 1.82) is 0 Å². The third-order valence-electron chi connectivity index (χ3n) is 5.48. The van der Waals surface area contributed by atoms with Gasteiger partial charge in [-0.25, -0.2) is 8.42 Å². The van der Waals surface area contributed by atoms with Crippen molar-refractivity contribution in [3.63, 3.8) is 0 Å². The Morgan fingerprint density at radius 3 is 2.30 bits per heavy atom. The van der Waals surface area contributed by atoms with Crippen LogP contribution in [-0.2, 0) is 23.0 Å². The monoisotopic (exact) mass is 420 g/mol. The maximum absolute atomic E-state index is 13.1. The highest BCUT2D eigenvalue weighted by Gasteiger charge is 2.31. The molecule has 1 atom stereocenters. The molecule has 0 saturated carbocycles. The Kier molecular flexibility index (Phi) is 5.45. The van der Waals surface area contributed by atoms with Gasteiger partial charge in [0.1, 0.15) is 0 Å². The molecule has 1 aliphatic heterocycles. The number of para-hydroxylation sites is 1. The van der Waals surface area contributed by atoms with Crippen molar-refractivity contribution in [3.05, 3.63) is 95.6 Å². The van der Waals surface area contributed by atoms with E-state index in [1.165, 1.54) is 9.87 Å². The highest BCUT2D eigenvalue weighted by Crippen LogP contribution is 2.33. The number of amides is 1. The van der Waals surface area contributed by atoms with Gasteiger partial charge in [0.25, 0.3) is 5.91 Å². The number of sulfonamides is 1. The summed E-state index contributed by atoms with van der Waals surface area (Å²) in [6, 6.07) is 23.6. The molecule has 0 bridgehead atoms. The molecule has 0 aromatic heterocycles. The highest BCUT2D eigenvalue weighted by atomic mass is 32.2. The van der Waals surface area contributed by atoms with Crippen LogP contribution in [-0.4, -0.2) is 31.7 Å². The van der Waals surface area contributed by atoms with Gasteiger partial charge < -0.3 is 4.90 Å². The van der Waals surface area contributed by atoms with Crippen LogP contribution in [0.5, 0.6) is 0 Å². The largest absolute Gasteiger partial charge is 0.305 e. The predicted octanol–water partition coefficient (Wildman–Crippen LogP) is 4.10. The first-order chi connectivity index (χ1) is 14.4. The zero-order valence-electron chi connectivity index (χ0n) is 17.0. The number of hydrogen-bond donors (Lipinski definition) is 0. The Hall–Kier alpha value is -2.96. The maximum Gasteiger partial charge on any atom is 0.258 e. The molecule has 4 rings (SSSR count). The topological polar surface area (TPSA) is 57.7 Å². The Morgan fingerprint density at radius 2 is 1.60 bits per heavy atom. The van der Waals surface area contributed by atoms with Crippen molar-refractivity contribution >= 4 is 21.6 Å². The first-order valence-electron chi connectivity index (χ1n) is 9.90. The Morgan fingerprint density at radius 1 is 0.967 bits per heavy atom. The van der Waals surface area contributed by atoms with Crippen molar-refractivity contribution < 1.29 is 13.2 Å². The highest BCUT2D eigenvalue weighted by molar-refractivity contribution is 7.89. The van der Waals surface area contributed by atoms with Crippen molar-refractivity contribution in [2.24, 2.45) is 0 Å². The fourth-order valence-electron chi connectivity index (χ4n) is 3.88. The van der Waals surface area contributed by atoms with Crippen LogP contribution in [0, 0.1) is 0 Å². The maximum atomic E-state index is 13.1. The third-order valence-corrected chi connectivity index (χ3v) is 7.30. The van der Waals surface area contributed by atoms with Gasteiger partial charge in [-0.2, -0.15) is 4.31 Å². The van der Waals surface area contributed by atoms with Crippen molar-refractivity contribution in [1.82, 2.24) is 4.31 Å². The minimum atomic E-state index is -3.56. The number of anilines is 1. The summed E-state index contributed by atoms with van der Waals surface area (Å²) in [6.07, 6.45) is 0.849. The van der Waals surface area contributed by atoms with Gasteiger partial charge in [0, 0.05) is 30.9 Å². The molecule has 0 N–H and O–H groups in total. The summed E-state index contributed by atoms with van der Waals surface area (Å²) >= 11 is 0. The Labute approximate surface area is 177 Å². The van der Waals surface area contributed by atoms with Crippen LogP contribution in [0.2, 0.25) is 0 Å². The lowest BCUT2D eigenvalue weighted by atomic mass is 10.1. The molecule has 1 heterocycles. The lowest BCUT2D eigenvalue weighted by Crippen LogP contribution is -2.35. The number of benzene rings is 3. The van der Waals surface area contributed by atoms with E-state index in [9.17, 15) is 13.2 Å². The van der Waals surface area contributed by atoms with E-state index in [0.717, 1.165) is 17.7 Å². The molecule has 0 saturated heterocycles. The van der Waals surface area contributed by atoms with Crippen LogP contribution in [0.3, 0.4) is 0 Å². The molecule has 0 unspecified atom stereocenters.